The first-order chi connectivity index (χ1) is 8.29. The van der Waals surface area contributed by atoms with Crippen LogP contribution in [0, 0.1) is 0 Å². The molecule has 1 aromatic heterocycles. The van der Waals surface area contributed by atoms with Gasteiger partial charge in [0.25, 0.3) is 0 Å². The molecule has 0 aliphatic carbocycles. The molecule has 1 N–H and O–H groups in total. The molecule has 1 aliphatic heterocycles. The molecule has 0 spiro atoms. The number of hydrogen-bond acceptors (Lipinski definition) is 3. The number of hydrogen-bond donors (Lipinski definition) is 1. The van der Waals surface area contributed by atoms with Gasteiger partial charge in [-0.3, -0.25) is 4.57 Å². The van der Waals surface area contributed by atoms with Crippen molar-refractivity contribution < 1.29 is 4.42 Å². The van der Waals surface area contributed by atoms with Crippen LogP contribution in [0.15, 0.2) is 27.4 Å². The Morgan fingerprint density at radius 2 is 2.41 bits per heavy atom. The monoisotopic (exact) mass is 232 g/mol. The molecule has 1 unspecified atom stereocenters. The Bertz CT molecular complexity index is 591. The van der Waals surface area contributed by atoms with Crippen molar-refractivity contribution in [3.63, 3.8) is 0 Å². The molecule has 17 heavy (non-hydrogen) atoms. The third-order valence-corrected chi connectivity index (χ3v) is 3.54. The second-order valence-electron chi connectivity index (χ2n) is 4.53. The van der Waals surface area contributed by atoms with E-state index >= 15 is 0 Å². The minimum Gasteiger partial charge on any atom is -0.408 e. The Hall–Kier alpha value is -1.55. The van der Waals surface area contributed by atoms with Crippen LogP contribution >= 0.6 is 0 Å². The predicted molar refractivity (Wildman–Crippen MR) is 66.4 cm³/mol. The van der Waals surface area contributed by atoms with Crippen LogP contribution in [0.3, 0.4) is 0 Å². The summed E-state index contributed by atoms with van der Waals surface area (Å²) in [5.74, 6) is 0.305. The SMILES string of the molecule is CCn1c(=O)oc2ccc(C3CCNC3)cc21. The van der Waals surface area contributed by atoms with E-state index < -0.39 is 0 Å². The van der Waals surface area contributed by atoms with E-state index in [9.17, 15) is 4.79 Å². The molecular formula is C13H16N2O2. The molecule has 4 nitrogen and oxygen atoms in total. The van der Waals surface area contributed by atoms with Crippen molar-refractivity contribution in [2.45, 2.75) is 25.8 Å². The Morgan fingerprint density at radius 1 is 1.53 bits per heavy atom. The summed E-state index contributed by atoms with van der Waals surface area (Å²) in [7, 11) is 0. The number of rotatable bonds is 2. The summed E-state index contributed by atoms with van der Waals surface area (Å²) < 4.78 is 6.88. The van der Waals surface area contributed by atoms with Crippen LogP contribution in [0.4, 0.5) is 0 Å². The summed E-state index contributed by atoms with van der Waals surface area (Å²) in [5, 5.41) is 3.36. The van der Waals surface area contributed by atoms with Gasteiger partial charge in [-0.15, -0.1) is 0 Å². The molecule has 2 aromatic rings. The zero-order chi connectivity index (χ0) is 11.8. The molecule has 0 radical (unpaired) electrons. The first-order valence-electron chi connectivity index (χ1n) is 6.13. The van der Waals surface area contributed by atoms with Gasteiger partial charge in [0.05, 0.1) is 5.52 Å². The highest BCUT2D eigenvalue weighted by Crippen LogP contribution is 2.25. The van der Waals surface area contributed by atoms with Gasteiger partial charge in [-0.1, -0.05) is 6.07 Å². The maximum atomic E-state index is 11.6. The van der Waals surface area contributed by atoms with E-state index in [4.69, 9.17) is 4.42 Å². The Labute approximate surface area is 99.2 Å². The molecule has 90 valence electrons. The fourth-order valence-corrected chi connectivity index (χ4v) is 2.57. The average Bonchev–Trinajstić information content (AvgIpc) is 2.93. The minimum absolute atomic E-state index is 0.260. The van der Waals surface area contributed by atoms with Gasteiger partial charge in [-0.2, -0.15) is 0 Å². The quantitative estimate of drug-likeness (QED) is 0.857. The topological polar surface area (TPSA) is 47.2 Å². The van der Waals surface area contributed by atoms with Crippen molar-refractivity contribution in [1.29, 1.82) is 0 Å². The highest BCUT2D eigenvalue weighted by atomic mass is 16.4. The lowest BCUT2D eigenvalue weighted by atomic mass is 9.98. The summed E-state index contributed by atoms with van der Waals surface area (Å²) in [5.41, 5.74) is 2.90. The predicted octanol–water partition coefficient (Wildman–Crippen LogP) is 1.69. The molecule has 1 aromatic carbocycles. The van der Waals surface area contributed by atoms with Gasteiger partial charge in [0.2, 0.25) is 0 Å². The molecule has 0 amide bonds. The van der Waals surface area contributed by atoms with Crippen molar-refractivity contribution in [3.05, 3.63) is 34.3 Å². The second-order valence-corrected chi connectivity index (χ2v) is 4.53. The Morgan fingerprint density at radius 3 is 3.12 bits per heavy atom. The lowest BCUT2D eigenvalue weighted by Gasteiger charge is -2.08. The smallest absolute Gasteiger partial charge is 0.408 e. The van der Waals surface area contributed by atoms with E-state index in [1.54, 1.807) is 4.57 Å². The third-order valence-electron chi connectivity index (χ3n) is 3.54. The fraction of sp³-hybridized carbons (Fsp3) is 0.462. The summed E-state index contributed by atoms with van der Waals surface area (Å²) in [4.78, 5) is 11.6. The molecule has 4 heteroatoms. The first kappa shape index (κ1) is 10.6. The highest BCUT2D eigenvalue weighted by Gasteiger charge is 2.18. The Kier molecular flexibility index (Phi) is 2.52. The van der Waals surface area contributed by atoms with Crippen molar-refractivity contribution >= 4 is 11.1 Å². The van der Waals surface area contributed by atoms with Crippen LogP contribution in [0.2, 0.25) is 0 Å². The van der Waals surface area contributed by atoms with Gasteiger partial charge >= 0.3 is 5.76 Å². The number of fused-ring (bicyclic) bond motifs is 1. The summed E-state index contributed by atoms with van der Waals surface area (Å²) in [6.45, 7) is 4.72. The van der Waals surface area contributed by atoms with E-state index in [0.717, 1.165) is 18.6 Å². The number of benzene rings is 1. The molecule has 1 aliphatic rings. The number of oxazole rings is 1. The zero-order valence-electron chi connectivity index (χ0n) is 9.90. The van der Waals surface area contributed by atoms with Crippen LogP contribution in [0.5, 0.6) is 0 Å². The first-order valence-corrected chi connectivity index (χ1v) is 6.13. The van der Waals surface area contributed by atoms with Crippen LogP contribution < -0.4 is 11.1 Å². The zero-order valence-corrected chi connectivity index (χ0v) is 9.90. The van der Waals surface area contributed by atoms with E-state index in [2.05, 4.69) is 17.4 Å². The number of nitrogens with zero attached hydrogens (tertiary/aromatic N) is 1. The molecule has 1 atom stereocenters. The number of aryl methyl sites for hydroxylation is 1. The maximum absolute atomic E-state index is 11.6. The van der Waals surface area contributed by atoms with Crippen LogP contribution in [0.1, 0.15) is 24.8 Å². The normalized spacial score (nSPS) is 20.2. The molecule has 2 heterocycles. The second kappa shape index (κ2) is 4.04. The molecule has 0 saturated carbocycles. The van der Waals surface area contributed by atoms with Gasteiger partial charge < -0.3 is 9.73 Å². The lowest BCUT2D eigenvalue weighted by Crippen LogP contribution is -2.12. The number of nitrogens with one attached hydrogen (secondary N) is 1. The minimum atomic E-state index is -0.260. The largest absolute Gasteiger partial charge is 0.419 e. The van der Waals surface area contributed by atoms with Crippen molar-refractivity contribution in [3.8, 4) is 0 Å². The third kappa shape index (κ3) is 1.69. The van der Waals surface area contributed by atoms with Gasteiger partial charge in [-0.25, -0.2) is 4.79 Å². The average molecular weight is 232 g/mol. The van der Waals surface area contributed by atoms with Gasteiger partial charge in [0, 0.05) is 13.1 Å². The van der Waals surface area contributed by atoms with Crippen LogP contribution in [-0.2, 0) is 6.54 Å². The van der Waals surface area contributed by atoms with Crippen molar-refractivity contribution in [2.75, 3.05) is 13.1 Å². The van der Waals surface area contributed by atoms with Gasteiger partial charge in [0.15, 0.2) is 5.58 Å². The van der Waals surface area contributed by atoms with Crippen molar-refractivity contribution in [1.82, 2.24) is 9.88 Å². The maximum Gasteiger partial charge on any atom is 0.419 e. The molecule has 0 bridgehead atoms. The highest BCUT2D eigenvalue weighted by molar-refractivity contribution is 5.74. The summed E-state index contributed by atoms with van der Waals surface area (Å²) in [6.07, 6.45) is 1.17. The lowest BCUT2D eigenvalue weighted by molar-refractivity contribution is 0.513. The van der Waals surface area contributed by atoms with Crippen LogP contribution in [0.25, 0.3) is 11.1 Å². The molecule has 3 rings (SSSR count). The van der Waals surface area contributed by atoms with Crippen molar-refractivity contribution in [2.24, 2.45) is 0 Å². The Balaban J connectivity index is 2.13. The van der Waals surface area contributed by atoms with Crippen LogP contribution in [-0.4, -0.2) is 17.7 Å². The molecular weight excluding hydrogens is 216 g/mol. The van der Waals surface area contributed by atoms with E-state index in [0.29, 0.717) is 18.0 Å². The summed E-state index contributed by atoms with van der Waals surface area (Å²) >= 11 is 0. The molecule has 1 saturated heterocycles. The fourth-order valence-electron chi connectivity index (χ4n) is 2.57. The van der Waals surface area contributed by atoms with Gasteiger partial charge in [-0.05, 0) is 43.5 Å². The standard InChI is InChI=1S/C13H16N2O2/c1-2-15-11-7-9(10-5-6-14-8-10)3-4-12(11)17-13(15)16/h3-4,7,10,14H,2,5-6,8H2,1H3. The van der Waals surface area contributed by atoms with E-state index in [1.807, 2.05) is 13.0 Å². The van der Waals surface area contributed by atoms with Gasteiger partial charge in [0.1, 0.15) is 0 Å². The molecule has 1 fully saturated rings. The van der Waals surface area contributed by atoms with E-state index in [1.165, 1.54) is 12.0 Å². The summed E-state index contributed by atoms with van der Waals surface area (Å²) in [6, 6.07) is 6.08. The number of aromatic nitrogens is 1. The van der Waals surface area contributed by atoms with E-state index in [-0.39, 0.29) is 5.76 Å².